The number of methoxy groups -OCH3 is 1. The van der Waals surface area contributed by atoms with Crippen molar-refractivity contribution in [3.05, 3.63) is 56.5 Å². The number of morpholine rings is 1. The molecule has 0 atom stereocenters. The second kappa shape index (κ2) is 9.51. The van der Waals surface area contributed by atoms with E-state index < -0.39 is 20.6 Å². The van der Waals surface area contributed by atoms with Crippen LogP contribution in [0.2, 0.25) is 0 Å². The van der Waals surface area contributed by atoms with Crippen LogP contribution in [0, 0.1) is 10.1 Å². The van der Waals surface area contributed by atoms with E-state index in [1.807, 2.05) is 6.07 Å². The summed E-state index contributed by atoms with van der Waals surface area (Å²) < 4.78 is 38.0. The fourth-order valence-electron chi connectivity index (χ4n) is 2.83. The Kier molecular flexibility index (Phi) is 7.02. The molecular weight excluding hydrogens is 480 g/mol. The molecule has 1 saturated heterocycles. The van der Waals surface area contributed by atoms with Gasteiger partial charge in [-0.05, 0) is 30.3 Å². The van der Waals surface area contributed by atoms with E-state index in [2.05, 4.69) is 26.5 Å². The number of nitrogens with one attached hydrogen (secondary N) is 1. The maximum atomic E-state index is 12.8. The average Bonchev–Trinajstić information content (AvgIpc) is 2.74. The van der Waals surface area contributed by atoms with E-state index in [0.29, 0.717) is 11.3 Å². The summed E-state index contributed by atoms with van der Waals surface area (Å²) in [6.07, 6.45) is 1.45. The van der Waals surface area contributed by atoms with Gasteiger partial charge in [0.2, 0.25) is 10.0 Å². The van der Waals surface area contributed by atoms with Crippen LogP contribution in [0.3, 0.4) is 0 Å². The third-order valence-electron chi connectivity index (χ3n) is 4.35. The number of nitro benzene ring substituents is 1. The van der Waals surface area contributed by atoms with Crippen molar-refractivity contribution in [2.75, 3.05) is 38.8 Å². The molecule has 1 heterocycles. The lowest BCUT2D eigenvalue weighted by molar-refractivity contribution is -0.384. The summed E-state index contributed by atoms with van der Waals surface area (Å²) in [7, 11) is -2.33. The molecule has 3 rings (SSSR count). The number of rotatable bonds is 7. The molecular formula is C18H19BrN4O6S. The number of nitrogens with zero attached hydrogens (tertiary/aromatic N) is 3. The van der Waals surface area contributed by atoms with Crippen molar-refractivity contribution < 1.29 is 22.8 Å². The van der Waals surface area contributed by atoms with Gasteiger partial charge in [-0.2, -0.15) is 9.41 Å². The van der Waals surface area contributed by atoms with Crippen molar-refractivity contribution in [2.24, 2.45) is 5.10 Å². The zero-order chi connectivity index (χ0) is 21.7. The Morgan fingerprint density at radius 2 is 2.00 bits per heavy atom. The molecule has 10 nitrogen and oxygen atoms in total. The summed E-state index contributed by atoms with van der Waals surface area (Å²) in [5.74, 6) is 0.574. The van der Waals surface area contributed by atoms with Crippen molar-refractivity contribution in [1.29, 1.82) is 0 Å². The molecule has 1 aliphatic rings. The normalized spacial score (nSPS) is 15.3. The van der Waals surface area contributed by atoms with Crippen molar-refractivity contribution in [2.45, 2.75) is 4.90 Å². The summed E-state index contributed by atoms with van der Waals surface area (Å²) in [6.45, 7) is 0.979. The van der Waals surface area contributed by atoms with E-state index in [0.717, 1.165) is 10.5 Å². The largest absolute Gasteiger partial charge is 0.496 e. The van der Waals surface area contributed by atoms with Crippen molar-refractivity contribution >= 4 is 43.5 Å². The van der Waals surface area contributed by atoms with Crippen molar-refractivity contribution in [1.82, 2.24) is 4.31 Å². The first-order valence-corrected chi connectivity index (χ1v) is 11.0. The molecule has 1 fully saturated rings. The highest BCUT2D eigenvalue weighted by Crippen LogP contribution is 2.29. The van der Waals surface area contributed by atoms with Crippen LogP contribution in [-0.4, -0.2) is 57.3 Å². The van der Waals surface area contributed by atoms with Gasteiger partial charge < -0.3 is 9.47 Å². The lowest BCUT2D eigenvalue weighted by Gasteiger charge is -2.26. The quantitative estimate of drug-likeness (QED) is 0.353. The van der Waals surface area contributed by atoms with E-state index in [1.54, 1.807) is 12.1 Å². The number of benzene rings is 2. The SMILES string of the molecule is COc1ccc(Br)cc1C=NNc1ccc(S(=O)(=O)N2CCOCC2)cc1[N+](=O)[O-]. The topological polar surface area (TPSA) is 123 Å². The second-order valence-electron chi connectivity index (χ2n) is 6.21. The van der Waals surface area contributed by atoms with Crippen molar-refractivity contribution in [3.63, 3.8) is 0 Å². The van der Waals surface area contributed by atoms with Gasteiger partial charge in [0.05, 0.1) is 36.4 Å². The van der Waals surface area contributed by atoms with Crippen LogP contribution < -0.4 is 10.2 Å². The van der Waals surface area contributed by atoms with Gasteiger partial charge in [0, 0.05) is 29.2 Å². The summed E-state index contributed by atoms with van der Waals surface area (Å²) in [5, 5.41) is 15.5. The van der Waals surface area contributed by atoms with Gasteiger partial charge in [-0.15, -0.1) is 0 Å². The molecule has 30 heavy (non-hydrogen) atoms. The first-order chi connectivity index (χ1) is 14.3. The lowest BCUT2D eigenvalue weighted by atomic mass is 10.2. The lowest BCUT2D eigenvalue weighted by Crippen LogP contribution is -2.40. The molecule has 1 N–H and O–H groups in total. The molecule has 0 bridgehead atoms. The minimum atomic E-state index is -3.85. The number of ether oxygens (including phenoxy) is 2. The maximum Gasteiger partial charge on any atom is 0.295 e. The van der Waals surface area contributed by atoms with E-state index in [-0.39, 0.29) is 36.9 Å². The summed E-state index contributed by atoms with van der Waals surface area (Å²) >= 11 is 3.36. The van der Waals surface area contributed by atoms with Gasteiger partial charge in [-0.3, -0.25) is 15.5 Å². The smallest absolute Gasteiger partial charge is 0.295 e. The Morgan fingerprint density at radius 3 is 2.67 bits per heavy atom. The van der Waals surface area contributed by atoms with Crippen LogP contribution in [0.5, 0.6) is 5.75 Å². The molecule has 0 amide bonds. The van der Waals surface area contributed by atoms with Crippen LogP contribution in [0.25, 0.3) is 0 Å². The average molecular weight is 499 g/mol. The van der Waals surface area contributed by atoms with E-state index in [1.165, 1.54) is 29.8 Å². The number of sulfonamides is 1. The highest BCUT2D eigenvalue weighted by Gasteiger charge is 2.28. The maximum absolute atomic E-state index is 12.8. The summed E-state index contributed by atoms with van der Waals surface area (Å²) in [5.41, 5.74) is 2.91. The fraction of sp³-hybridized carbons (Fsp3) is 0.278. The Balaban J connectivity index is 1.86. The molecule has 0 radical (unpaired) electrons. The van der Waals surface area contributed by atoms with Gasteiger partial charge in [0.15, 0.2) is 0 Å². The van der Waals surface area contributed by atoms with Gasteiger partial charge in [0.1, 0.15) is 11.4 Å². The Hall–Kier alpha value is -2.54. The minimum Gasteiger partial charge on any atom is -0.496 e. The predicted molar refractivity (Wildman–Crippen MR) is 115 cm³/mol. The zero-order valence-corrected chi connectivity index (χ0v) is 18.3. The van der Waals surface area contributed by atoms with Crippen LogP contribution in [-0.2, 0) is 14.8 Å². The fourth-order valence-corrected chi connectivity index (χ4v) is 4.64. The number of hydrogen-bond donors (Lipinski definition) is 1. The van der Waals surface area contributed by atoms with Gasteiger partial charge in [-0.1, -0.05) is 15.9 Å². The molecule has 2 aromatic rings. The highest BCUT2D eigenvalue weighted by molar-refractivity contribution is 9.10. The molecule has 0 aromatic heterocycles. The van der Waals surface area contributed by atoms with E-state index in [9.17, 15) is 18.5 Å². The molecule has 12 heteroatoms. The molecule has 0 unspecified atom stereocenters. The number of hydrogen-bond acceptors (Lipinski definition) is 8. The predicted octanol–water partition coefficient (Wildman–Crippen LogP) is 2.83. The Labute approximate surface area is 181 Å². The molecule has 0 spiro atoms. The van der Waals surface area contributed by atoms with Crippen LogP contribution in [0.15, 0.2) is 50.9 Å². The van der Waals surface area contributed by atoms with Gasteiger partial charge >= 0.3 is 0 Å². The Morgan fingerprint density at radius 1 is 1.27 bits per heavy atom. The molecule has 160 valence electrons. The van der Waals surface area contributed by atoms with E-state index in [4.69, 9.17) is 9.47 Å². The molecule has 2 aromatic carbocycles. The number of anilines is 1. The summed E-state index contributed by atoms with van der Waals surface area (Å²) in [6, 6.07) is 9.00. The van der Waals surface area contributed by atoms with Crippen LogP contribution in [0.4, 0.5) is 11.4 Å². The minimum absolute atomic E-state index is 0.0612. The molecule has 0 aliphatic carbocycles. The third-order valence-corrected chi connectivity index (χ3v) is 6.74. The van der Waals surface area contributed by atoms with Crippen molar-refractivity contribution in [3.8, 4) is 5.75 Å². The molecule has 1 aliphatic heterocycles. The monoisotopic (exact) mass is 498 g/mol. The van der Waals surface area contributed by atoms with Crippen LogP contribution in [0.1, 0.15) is 5.56 Å². The van der Waals surface area contributed by atoms with Crippen LogP contribution >= 0.6 is 15.9 Å². The first kappa shape index (κ1) is 22.2. The summed E-state index contributed by atoms with van der Waals surface area (Å²) in [4.78, 5) is 10.7. The number of hydrazone groups is 1. The second-order valence-corrected chi connectivity index (χ2v) is 9.06. The van der Waals surface area contributed by atoms with Gasteiger partial charge in [-0.25, -0.2) is 8.42 Å². The standard InChI is InChI=1S/C18H19BrN4O6S/c1-28-18-5-2-14(19)10-13(18)12-20-21-16-4-3-15(11-17(16)23(24)25)30(26,27)22-6-8-29-9-7-22/h2-5,10-12,21H,6-9H2,1H3. The highest BCUT2D eigenvalue weighted by atomic mass is 79.9. The number of halogens is 1. The third kappa shape index (κ3) is 4.95. The zero-order valence-electron chi connectivity index (χ0n) is 15.9. The van der Waals surface area contributed by atoms with E-state index >= 15 is 0 Å². The first-order valence-electron chi connectivity index (χ1n) is 8.82. The Bertz CT molecular complexity index is 1070. The molecule has 0 saturated carbocycles. The van der Waals surface area contributed by atoms with Gasteiger partial charge in [0.25, 0.3) is 5.69 Å². The number of nitro groups is 1.